The lowest BCUT2D eigenvalue weighted by Gasteiger charge is -2.13. The van der Waals surface area contributed by atoms with Crippen LogP contribution in [0, 0.1) is 11.3 Å². The van der Waals surface area contributed by atoms with Gasteiger partial charge >= 0.3 is 0 Å². The molecule has 0 unspecified atom stereocenters. The van der Waals surface area contributed by atoms with Crippen LogP contribution in [0.15, 0.2) is 48.5 Å². The summed E-state index contributed by atoms with van der Waals surface area (Å²) in [5.74, 6) is 0. The molecule has 0 atom stereocenters. The van der Waals surface area contributed by atoms with Gasteiger partial charge in [0, 0.05) is 32.0 Å². The first-order valence-corrected chi connectivity index (χ1v) is 6.19. The molecule has 0 fully saturated rings. The summed E-state index contributed by atoms with van der Waals surface area (Å²) in [5, 5.41) is 12.1. The van der Waals surface area contributed by atoms with Crippen molar-refractivity contribution in [3.63, 3.8) is 0 Å². The second-order valence-electron chi connectivity index (χ2n) is 4.60. The Hall–Kier alpha value is -2.47. The van der Waals surface area contributed by atoms with E-state index in [9.17, 15) is 0 Å². The van der Waals surface area contributed by atoms with Gasteiger partial charge in [-0.25, -0.2) is 0 Å². The fourth-order valence-corrected chi connectivity index (χ4v) is 1.78. The van der Waals surface area contributed by atoms with Gasteiger partial charge in [0.2, 0.25) is 0 Å². The predicted octanol–water partition coefficient (Wildman–Crippen LogP) is 3.24. The van der Waals surface area contributed by atoms with E-state index in [2.05, 4.69) is 40.6 Å². The number of anilines is 2. The Morgan fingerprint density at radius 1 is 1.00 bits per heavy atom. The highest BCUT2D eigenvalue weighted by Gasteiger charge is 1.97. The summed E-state index contributed by atoms with van der Waals surface area (Å²) in [4.78, 5) is 2.07. The van der Waals surface area contributed by atoms with Crippen molar-refractivity contribution in [3.8, 4) is 6.07 Å². The Kier molecular flexibility index (Phi) is 4.04. The minimum Gasteiger partial charge on any atom is -0.381 e. The van der Waals surface area contributed by atoms with Crippen molar-refractivity contribution >= 4 is 11.4 Å². The van der Waals surface area contributed by atoms with Crippen molar-refractivity contribution in [2.45, 2.75) is 6.54 Å². The molecule has 2 aromatic carbocycles. The summed E-state index contributed by atoms with van der Waals surface area (Å²) >= 11 is 0. The van der Waals surface area contributed by atoms with Crippen molar-refractivity contribution in [1.29, 1.82) is 5.26 Å². The predicted molar refractivity (Wildman–Crippen MR) is 79.3 cm³/mol. The Labute approximate surface area is 114 Å². The SMILES string of the molecule is CN(C)c1ccc(NCc2ccc(C#N)cc2)cc1. The quantitative estimate of drug-likeness (QED) is 0.906. The van der Waals surface area contributed by atoms with Gasteiger partial charge in [0.1, 0.15) is 0 Å². The van der Waals surface area contributed by atoms with Crippen LogP contribution in [0.3, 0.4) is 0 Å². The minimum absolute atomic E-state index is 0.694. The fourth-order valence-electron chi connectivity index (χ4n) is 1.78. The van der Waals surface area contributed by atoms with Gasteiger partial charge in [0.15, 0.2) is 0 Å². The number of benzene rings is 2. The van der Waals surface area contributed by atoms with Gasteiger partial charge in [0.25, 0.3) is 0 Å². The molecule has 2 rings (SSSR count). The van der Waals surface area contributed by atoms with Crippen LogP contribution in [-0.2, 0) is 6.54 Å². The van der Waals surface area contributed by atoms with Crippen LogP contribution in [-0.4, -0.2) is 14.1 Å². The van der Waals surface area contributed by atoms with Gasteiger partial charge < -0.3 is 10.2 Å². The standard InChI is InChI=1S/C16H17N3/c1-19(2)16-9-7-15(8-10-16)18-12-14-5-3-13(11-17)4-6-14/h3-10,18H,12H2,1-2H3. The molecular formula is C16H17N3. The molecule has 0 amide bonds. The zero-order valence-corrected chi connectivity index (χ0v) is 11.2. The number of hydrogen-bond donors (Lipinski definition) is 1. The Morgan fingerprint density at radius 3 is 2.16 bits per heavy atom. The lowest BCUT2D eigenvalue weighted by atomic mass is 10.1. The van der Waals surface area contributed by atoms with Crippen LogP contribution < -0.4 is 10.2 Å². The van der Waals surface area contributed by atoms with E-state index in [0.29, 0.717) is 5.56 Å². The zero-order chi connectivity index (χ0) is 13.7. The van der Waals surface area contributed by atoms with Crippen molar-refractivity contribution in [1.82, 2.24) is 0 Å². The molecule has 2 aromatic rings. The summed E-state index contributed by atoms with van der Waals surface area (Å²) in [6, 6.07) is 18.0. The van der Waals surface area contributed by atoms with Gasteiger partial charge in [-0.05, 0) is 42.0 Å². The third kappa shape index (κ3) is 3.49. The zero-order valence-electron chi connectivity index (χ0n) is 11.2. The van der Waals surface area contributed by atoms with Crippen molar-refractivity contribution in [2.75, 3.05) is 24.3 Å². The fraction of sp³-hybridized carbons (Fsp3) is 0.188. The maximum atomic E-state index is 8.74. The maximum absolute atomic E-state index is 8.74. The highest BCUT2D eigenvalue weighted by molar-refractivity contribution is 5.54. The second kappa shape index (κ2) is 5.92. The molecule has 0 aromatic heterocycles. The molecule has 0 bridgehead atoms. The van der Waals surface area contributed by atoms with Crippen LogP contribution >= 0.6 is 0 Å². The van der Waals surface area contributed by atoms with Crippen LogP contribution in [0.1, 0.15) is 11.1 Å². The number of rotatable bonds is 4. The molecule has 0 aliphatic heterocycles. The monoisotopic (exact) mass is 251 g/mol. The Morgan fingerprint density at radius 2 is 1.63 bits per heavy atom. The average Bonchev–Trinajstić information content (AvgIpc) is 2.46. The van der Waals surface area contributed by atoms with Crippen molar-refractivity contribution < 1.29 is 0 Å². The lowest BCUT2D eigenvalue weighted by molar-refractivity contribution is 1.12. The van der Waals surface area contributed by atoms with E-state index in [1.165, 1.54) is 5.69 Å². The highest BCUT2D eigenvalue weighted by Crippen LogP contribution is 2.16. The lowest BCUT2D eigenvalue weighted by Crippen LogP contribution is -2.08. The topological polar surface area (TPSA) is 39.1 Å². The molecule has 0 heterocycles. The molecule has 3 nitrogen and oxygen atoms in total. The number of nitrogens with one attached hydrogen (secondary N) is 1. The van der Waals surface area contributed by atoms with Gasteiger partial charge in [-0.3, -0.25) is 0 Å². The van der Waals surface area contributed by atoms with E-state index in [1.807, 2.05) is 38.4 Å². The van der Waals surface area contributed by atoms with E-state index < -0.39 is 0 Å². The minimum atomic E-state index is 0.694. The molecule has 19 heavy (non-hydrogen) atoms. The smallest absolute Gasteiger partial charge is 0.0991 e. The average molecular weight is 251 g/mol. The molecule has 0 aliphatic carbocycles. The molecule has 0 spiro atoms. The van der Waals surface area contributed by atoms with Crippen molar-refractivity contribution in [2.24, 2.45) is 0 Å². The van der Waals surface area contributed by atoms with Crippen LogP contribution in [0.5, 0.6) is 0 Å². The third-order valence-corrected chi connectivity index (χ3v) is 2.96. The van der Waals surface area contributed by atoms with E-state index in [0.717, 1.165) is 17.8 Å². The van der Waals surface area contributed by atoms with Crippen LogP contribution in [0.4, 0.5) is 11.4 Å². The summed E-state index contributed by atoms with van der Waals surface area (Å²) in [6.45, 7) is 0.757. The van der Waals surface area contributed by atoms with Crippen molar-refractivity contribution in [3.05, 3.63) is 59.7 Å². The maximum Gasteiger partial charge on any atom is 0.0991 e. The molecular weight excluding hydrogens is 234 g/mol. The Bertz CT molecular complexity index is 562. The first kappa shape index (κ1) is 13.0. The second-order valence-corrected chi connectivity index (χ2v) is 4.60. The summed E-state index contributed by atoms with van der Waals surface area (Å²) in [7, 11) is 4.05. The van der Waals surface area contributed by atoms with E-state index >= 15 is 0 Å². The Balaban J connectivity index is 1.96. The first-order chi connectivity index (χ1) is 9.19. The van der Waals surface area contributed by atoms with E-state index in [4.69, 9.17) is 5.26 Å². The van der Waals surface area contributed by atoms with Crippen LogP contribution in [0.2, 0.25) is 0 Å². The number of nitriles is 1. The molecule has 3 heteroatoms. The molecule has 1 N–H and O–H groups in total. The molecule has 0 aliphatic rings. The molecule has 0 saturated heterocycles. The highest BCUT2D eigenvalue weighted by atomic mass is 15.1. The third-order valence-electron chi connectivity index (χ3n) is 2.96. The summed E-state index contributed by atoms with van der Waals surface area (Å²) < 4.78 is 0. The molecule has 0 saturated carbocycles. The number of hydrogen-bond acceptors (Lipinski definition) is 3. The molecule has 96 valence electrons. The molecule has 0 radical (unpaired) electrons. The summed E-state index contributed by atoms with van der Waals surface area (Å²) in [6.07, 6.45) is 0. The van der Waals surface area contributed by atoms with Crippen LogP contribution in [0.25, 0.3) is 0 Å². The number of nitrogens with zero attached hydrogens (tertiary/aromatic N) is 2. The van der Waals surface area contributed by atoms with E-state index in [-0.39, 0.29) is 0 Å². The first-order valence-electron chi connectivity index (χ1n) is 6.19. The largest absolute Gasteiger partial charge is 0.381 e. The van der Waals surface area contributed by atoms with Gasteiger partial charge in [-0.1, -0.05) is 12.1 Å². The van der Waals surface area contributed by atoms with Gasteiger partial charge in [0.05, 0.1) is 11.6 Å². The van der Waals surface area contributed by atoms with Gasteiger partial charge in [-0.15, -0.1) is 0 Å². The van der Waals surface area contributed by atoms with E-state index in [1.54, 1.807) is 0 Å². The van der Waals surface area contributed by atoms with Gasteiger partial charge in [-0.2, -0.15) is 5.26 Å². The normalized spacial score (nSPS) is 9.74. The summed E-state index contributed by atoms with van der Waals surface area (Å²) in [5.41, 5.74) is 4.13.